The fourth-order valence-electron chi connectivity index (χ4n) is 2.67. The first-order chi connectivity index (χ1) is 13.6. The summed E-state index contributed by atoms with van der Waals surface area (Å²) in [5, 5.41) is 2.62. The number of rotatable bonds is 7. The molecule has 0 saturated carbocycles. The molecule has 6 heteroatoms. The fourth-order valence-corrected chi connectivity index (χ4v) is 2.67. The topological polar surface area (TPSA) is 81.7 Å². The normalized spacial score (nSPS) is 12.0. The van der Waals surface area contributed by atoms with Gasteiger partial charge in [-0.05, 0) is 44.0 Å². The van der Waals surface area contributed by atoms with Crippen molar-refractivity contribution in [3.8, 4) is 0 Å². The molecule has 0 bridgehead atoms. The zero-order valence-corrected chi connectivity index (χ0v) is 17.2. The van der Waals surface area contributed by atoms with Crippen molar-refractivity contribution < 1.29 is 23.9 Å². The summed E-state index contributed by atoms with van der Waals surface area (Å²) in [5.74, 6) is -1.32. The average molecular weight is 397 g/mol. The van der Waals surface area contributed by atoms with Gasteiger partial charge in [0.1, 0.15) is 18.2 Å². The number of hydrogen-bond donors (Lipinski definition) is 1. The summed E-state index contributed by atoms with van der Waals surface area (Å²) in [6.45, 7) is 6.85. The van der Waals surface area contributed by atoms with Gasteiger partial charge < -0.3 is 14.8 Å². The van der Waals surface area contributed by atoms with Crippen LogP contribution in [0.15, 0.2) is 54.6 Å². The third-order valence-corrected chi connectivity index (χ3v) is 3.89. The minimum atomic E-state index is -0.856. The Morgan fingerprint density at radius 2 is 1.62 bits per heavy atom. The molecule has 0 aromatic heterocycles. The SMILES string of the molecule is CC(=O)NC(Cc1cccc(C(=O)OC(C)(C)C)c1)C(=O)OCc1ccccc1. The van der Waals surface area contributed by atoms with Crippen LogP contribution in [0, 0.1) is 0 Å². The van der Waals surface area contributed by atoms with Crippen molar-refractivity contribution in [2.24, 2.45) is 0 Å². The Morgan fingerprint density at radius 1 is 0.966 bits per heavy atom. The molecule has 0 radical (unpaired) electrons. The van der Waals surface area contributed by atoms with Crippen molar-refractivity contribution in [1.82, 2.24) is 5.32 Å². The van der Waals surface area contributed by atoms with Crippen LogP contribution in [0.2, 0.25) is 0 Å². The van der Waals surface area contributed by atoms with Gasteiger partial charge >= 0.3 is 11.9 Å². The van der Waals surface area contributed by atoms with Crippen LogP contribution in [0.4, 0.5) is 0 Å². The molecule has 0 aliphatic carbocycles. The summed E-state index contributed by atoms with van der Waals surface area (Å²) < 4.78 is 10.7. The molecule has 0 saturated heterocycles. The van der Waals surface area contributed by atoms with Crippen LogP contribution >= 0.6 is 0 Å². The lowest BCUT2D eigenvalue weighted by molar-refractivity contribution is -0.149. The maximum absolute atomic E-state index is 12.5. The molecule has 6 nitrogen and oxygen atoms in total. The second-order valence-corrected chi connectivity index (χ2v) is 7.75. The Kier molecular flexibility index (Phi) is 7.53. The molecular formula is C23H27NO5. The molecule has 2 aromatic carbocycles. The first kappa shape index (κ1) is 22.1. The molecule has 1 amide bonds. The van der Waals surface area contributed by atoms with E-state index in [1.165, 1.54) is 6.92 Å². The van der Waals surface area contributed by atoms with Gasteiger partial charge in [0.25, 0.3) is 0 Å². The zero-order chi connectivity index (χ0) is 21.4. The zero-order valence-electron chi connectivity index (χ0n) is 17.2. The lowest BCUT2D eigenvalue weighted by Gasteiger charge is -2.20. The number of hydrogen-bond acceptors (Lipinski definition) is 5. The van der Waals surface area contributed by atoms with Gasteiger partial charge in [-0.2, -0.15) is 0 Å². The summed E-state index contributed by atoms with van der Waals surface area (Å²) in [4.78, 5) is 36.4. The molecule has 2 rings (SSSR count). The molecule has 0 spiro atoms. The quantitative estimate of drug-likeness (QED) is 0.724. The monoisotopic (exact) mass is 397 g/mol. The smallest absolute Gasteiger partial charge is 0.338 e. The van der Waals surface area contributed by atoms with Crippen molar-refractivity contribution in [1.29, 1.82) is 0 Å². The van der Waals surface area contributed by atoms with Crippen LogP contribution in [-0.2, 0) is 32.1 Å². The van der Waals surface area contributed by atoms with E-state index in [9.17, 15) is 14.4 Å². The maximum Gasteiger partial charge on any atom is 0.338 e. The predicted octanol–water partition coefficient (Wildman–Crippen LogP) is 3.43. The van der Waals surface area contributed by atoms with E-state index in [2.05, 4.69) is 5.32 Å². The van der Waals surface area contributed by atoms with Crippen LogP contribution in [0.3, 0.4) is 0 Å². The molecule has 1 atom stereocenters. The van der Waals surface area contributed by atoms with Gasteiger partial charge in [0.15, 0.2) is 0 Å². The molecule has 0 aliphatic heterocycles. The third kappa shape index (κ3) is 7.78. The molecule has 2 aromatic rings. The number of ether oxygens (including phenoxy) is 2. The summed E-state index contributed by atoms with van der Waals surface area (Å²) in [5.41, 5.74) is 1.35. The van der Waals surface area contributed by atoms with Gasteiger partial charge in [-0.25, -0.2) is 9.59 Å². The lowest BCUT2D eigenvalue weighted by Crippen LogP contribution is -2.42. The van der Waals surface area contributed by atoms with E-state index in [1.54, 1.807) is 45.0 Å². The van der Waals surface area contributed by atoms with Crippen molar-refractivity contribution in [3.63, 3.8) is 0 Å². The molecule has 1 unspecified atom stereocenters. The number of carbonyl (C=O) groups is 3. The second-order valence-electron chi connectivity index (χ2n) is 7.75. The summed E-state index contributed by atoms with van der Waals surface area (Å²) >= 11 is 0. The van der Waals surface area contributed by atoms with Crippen LogP contribution in [0.1, 0.15) is 49.2 Å². The maximum atomic E-state index is 12.5. The highest BCUT2D eigenvalue weighted by Gasteiger charge is 2.23. The molecule has 29 heavy (non-hydrogen) atoms. The highest BCUT2D eigenvalue weighted by atomic mass is 16.6. The van der Waals surface area contributed by atoms with Gasteiger partial charge in [0.2, 0.25) is 5.91 Å². The van der Waals surface area contributed by atoms with Gasteiger partial charge in [0.05, 0.1) is 5.56 Å². The van der Waals surface area contributed by atoms with E-state index in [0.29, 0.717) is 11.1 Å². The molecule has 154 valence electrons. The Hall–Kier alpha value is -3.15. The number of nitrogens with one attached hydrogen (secondary N) is 1. The number of carbonyl (C=O) groups excluding carboxylic acids is 3. The minimum absolute atomic E-state index is 0.119. The highest BCUT2D eigenvalue weighted by Crippen LogP contribution is 2.15. The minimum Gasteiger partial charge on any atom is -0.459 e. The standard InChI is InChI=1S/C23H27NO5/c1-16(25)24-20(22(27)28-15-17-9-6-5-7-10-17)14-18-11-8-12-19(13-18)21(26)29-23(2,3)4/h5-13,20H,14-15H2,1-4H3,(H,24,25). The van der Waals surface area contributed by atoms with Crippen molar-refractivity contribution in [2.45, 2.75) is 52.4 Å². The third-order valence-electron chi connectivity index (χ3n) is 3.89. The van der Waals surface area contributed by atoms with Crippen LogP contribution in [-0.4, -0.2) is 29.5 Å². The van der Waals surface area contributed by atoms with Gasteiger partial charge in [-0.1, -0.05) is 42.5 Å². The number of esters is 2. The van der Waals surface area contributed by atoms with E-state index in [0.717, 1.165) is 5.56 Å². The lowest BCUT2D eigenvalue weighted by atomic mass is 10.0. The van der Waals surface area contributed by atoms with E-state index in [4.69, 9.17) is 9.47 Å². The molecule has 1 N–H and O–H groups in total. The second kappa shape index (κ2) is 9.87. The van der Waals surface area contributed by atoms with E-state index in [1.807, 2.05) is 30.3 Å². The van der Waals surface area contributed by atoms with Crippen molar-refractivity contribution in [2.75, 3.05) is 0 Å². The molecule has 0 fully saturated rings. The number of benzene rings is 2. The van der Waals surface area contributed by atoms with Crippen molar-refractivity contribution >= 4 is 17.8 Å². The highest BCUT2D eigenvalue weighted by molar-refractivity contribution is 5.90. The Bertz CT molecular complexity index is 855. The number of amides is 1. The Balaban J connectivity index is 2.09. The predicted molar refractivity (Wildman–Crippen MR) is 109 cm³/mol. The summed E-state index contributed by atoms with van der Waals surface area (Å²) in [6, 6.07) is 15.3. The summed E-state index contributed by atoms with van der Waals surface area (Å²) in [6.07, 6.45) is 0.198. The van der Waals surface area contributed by atoms with E-state index < -0.39 is 23.6 Å². The van der Waals surface area contributed by atoms with E-state index >= 15 is 0 Å². The first-order valence-corrected chi connectivity index (χ1v) is 9.44. The molecule has 0 heterocycles. The van der Waals surface area contributed by atoms with Gasteiger partial charge in [-0.3, -0.25) is 4.79 Å². The summed E-state index contributed by atoms with van der Waals surface area (Å²) in [7, 11) is 0. The fraction of sp³-hybridized carbons (Fsp3) is 0.348. The van der Waals surface area contributed by atoms with Crippen LogP contribution in [0.5, 0.6) is 0 Å². The average Bonchev–Trinajstić information content (AvgIpc) is 2.65. The first-order valence-electron chi connectivity index (χ1n) is 9.44. The largest absolute Gasteiger partial charge is 0.459 e. The van der Waals surface area contributed by atoms with E-state index in [-0.39, 0.29) is 18.9 Å². The van der Waals surface area contributed by atoms with Crippen LogP contribution in [0.25, 0.3) is 0 Å². The van der Waals surface area contributed by atoms with Gasteiger partial charge in [0, 0.05) is 13.3 Å². The molecule has 0 aliphatic rings. The van der Waals surface area contributed by atoms with Gasteiger partial charge in [-0.15, -0.1) is 0 Å². The van der Waals surface area contributed by atoms with Crippen molar-refractivity contribution in [3.05, 3.63) is 71.3 Å². The van der Waals surface area contributed by atoms with Crippen LogP contribution < -0.4 is 5.32 Å². The molecular weight excluding hydrogens is 370 g/mol. The Morgan fingerprint density at radius 3 is 2.24 bits per heavy atom. The Labute approximate surface area is 171 Å².